The number of rotatable bonds is 4. The van der Waals surface area contributed by atoms with Gasteiger partial charge in [-0.2, -0.15) is 5.26 Å². The number of fused-ring (bicyclic) bond motifs is 1. The van der Waals surface area contributed by atoms with Crippen molar-refractivity contribution in [1.82, 2.24) is 4.98 Å². The maximum absolute atomic E-state index is 9.99. The van der Waals surface area contributed by atoms with Crippen LogP contribution in [0.2, 0.25) is 0 Å². The zero-order valence-electron chi connectivity index (χ0n) is 18.9. The Balaban J connectivity index is 2.25. The average molecular weight is 424 g/mol. The van der Waals surface area contributed by atoms with E-state index in [1.807, 2.05) is 12.1 Å². The average Bonchev–Trinajstić information content (AvgIpc) is 2.78. The Morgan fingerprint density at radius 1 is 0.839 bits per heavy atom. The van der Waals surface area contributed by atoms with Crippen molar-refractivity contribution in [1.29, 1.82) is 5.26 Å². The van der Waals surface area contributed by atoms with Crippen LogP contribution in [0.4, 0.5) is 5.82 Å². The lowest BCUT2D eigenvalue weighted by Crippen LogP contribution is -2.10. The van der Waals surface area contributed by atoms with Crippen molar-refractivity contribution in [3.05, 3.63) is 29.0 Å². The van der Waals surface area contributed by atoms with E-state index in [0.717, 1.165) is 48.1 Å². The first-order valence-electron chi connectivity index (χ1n) is 11.2. The van der Waals surface area contributed by atoms with Gasteiger partial charge in [0.1, 0.15) is 17.5 Å². The van der Waals surface area contributed by atoms with E-state index in [1.54, 1.807) is 21.3 Å². The van der Waals surface area contributed by atoms with Gasteiger partial charge in [-0.25, -0.2) is 4.98 Å². The fraction of sp³-hybridized carbons (Fsp3) is 0.520. The quantitative estimate of drug-likeness (QED) is 0.703. The molecule has 0 saturated carbocycles. The molecule has 0 bridgehead atoms. The van der Waals surface area contributed by atoms with Gasteiger partial charge in [0.2, 0.25) is 5.75 Å². The van der Waals surface area contributed by atoms with Gasteiger partial charge in [-0.3, -0.25) is 0 Å². The van der Waals surface area contributed by atoms with Gasteiger partial charge in [0.25, 0.3) is 0 Å². The minimum atomic E-state index is 0.278. The number of nitriles is 1. The van der Waals surface area contributed by atoms with Crippen LogP contribution in [0.15, 0.2) is 12.1 Å². The minimum absolute atomic E-state index is 0.278. The first kappa shape index (κ1) is 22.7. The number of anilines is 1. The number of ether oxygens (including phenoxy) is 3. The summed E-state index contributed by atoms with van der Waals surface area (Å²) in [6.07, 6.45) is 11.4. The number of benzene rings is 1. The normalized spacial score (nSPS) is 15.0. The van der Waals surface area contributed by atoms with Gasteiger partial charge in [0.05, 0.1) is 21.3 Å². The van der Waals surface area contributed by atoms with Gasteiger partial charge in [-0.15, -0.1) is 0 Å². The molecule has 0 fully saturated rings. The van der Waals surface area contributed by atoms with Crippen molar-refractivity contribution < 1.29 is 14.2 Å². The molecule has 2 N–H and O–H groups in total. The van der Waals surface area contributed by atoms with Crippen molar-refractivity contribution in [3.8, 4) is 34.4 Å². The van der Waals surface area contributed by atoms with E-state index in [0.29, 0.717) is 22.8 Å². The summed E-state index contributed by atoms with van der Waals surface area (Å²) < 4.78 is 16.8. The molecule has 0 radical (unpaired) electrons. The first-order chi connectivity index (χ1) is 15.2. The molecule has 3 rings (SSSR count). The van der Waals surface area contributed by atoms with Crippen LogP contribution >= 0.6 is 0 Å². The molecule has 0 atom stereocenters. The number of hydrogen-bond donors (Lipinski definition) is 1. The van der Waals surface area contributed by atoms with E-state index in [-0.39, 0.29) is 5.82 Å². The van der Waals surface area contributed by atoms with Crippen molar-refractivity contribution in [2.75, 3.05) is 27.1 Å². The summed E-state index contributed by atoms with van der Waals surface area (Å²) in [6, 6.07) is 6.07. The Morgan fingerprint density at radius 3 is 2.03 bits per heavy atom. The summed E-state index contributed by atoms with van der Waals surface area (Å²) in [4.78, 5) is 4.69. The zero-order valence-corrected chi connectivity index (χ0v) is 18.9. The second kappa shape index (κ2) is 10.9. The molecule has 0 amide bonds. The monoisotopic (exact) mass is 423 g/mol. The number of nitrogens with two attached hydrogens (primary N) is 1. The molecular weight excluding hydrogens is 390 g/mol. The highest BCUT2D eigenvalue weighted by Crippen LogP contribution is 2.47. The van der Waals surface area contributed by atoms with Crippen LogP contribution in [0.1, 0.15) is 68.2 Å². The molecule has 31 heavy (non-hydrogen) atoms. The highest BCUT2D eigenvalue weighted by atomic mass is 16.5. The van der Waals surface area contributed by atoms with E-state index in [1.165, 1.54) is 38.5 Å². The molecule has 166 valence electrons. The number of hydrogen-bond acceptors (Lipinski definition) is 6. The molecule has 1 aromatic heterocycles. The highest BCUT2D eigenvalue weighted by molar-refractivity contribution is 5.85. The second-order valence-electron chi connectivity index (χ2n) is 7.99. The van der Waals surface area contributed by atoms with Gasteiger partial charge >= 0.3 is 0 Å². The first-order valence-corrected chi connectivity index (χ1v) is 11.2. The predicted octanol–water partition coefficient (Wildman–Crippen LogP) is 5.45. The van der Waals surface area contributed by atoms with Crippen molar-refractivity contribution in [2.45, 2.75) is 64.2 Å². The van der Waals surface area contributed by atoms with Gasteiger partial charge in [-0.1, -0.05) is 38.5 Å². The lowest BCUT2D eigenvalue weighted by atomic mass is 9.88. The lowest BCUT2D eigenvalue weighted by Gasteiger charge is -2.21. The van der Waals surface area contributed by atoms with Crippen LogP contribution in [0.5, 0.6) is 17.2 Å². The minimum Gasteiger partial charge on any atom is -0.493 e. The van der Waals surface area contributed by atoms with E-state index in [9.17, 15) is 5.26 Å². The maximum atomic E-state index is 9.99. The summed E-state index contributed by atoms with van der Waals surface area (Å²) in [5.74, 6) is 1.90. The fourth-order valence-corrected chi connectivity index (χ4v) is 4.53. The van der Waals surface area contributed by atoms with Gasteiger partial charge in [0, 0.05) is 16.8 Å². The lowest BCUT2D eigenvalue weighted by molar-refractivity contribution is 0.325. The smallest absolute Gasteiger partial charge is 0.203 e. The van der Waals surface area contributed by atoms with Crippen molar-refractivity contribution in [3.63, 3.8) is 0 Å². The van der Waals surface area contributed by atoms with Crippen LogP contribution in [0.25, 0.3) is 11.1 Å². The summed E-state index contributed by atoms with van der Waals surface area (Å²) >= 11 is 0. The number of methoxy groups -OCH3 is 3. The standard InChI is InChI=1S/C25H33N3O3/c1-29-21-15-14-18(23(30-2)24(21)31-3)22-17-12-10-8-6-4-5-7-9-11-13-20(17)28-25(27)19(22)16-26/h14-15H,4-13H2,1-3H3,(H2,27,28). The molecule has 1 aromatic carbocycles. The summed E-state index contributed by atoms with van der Waals surface area (Å²) in [7, 11) is 4.78. The van der Waals surface area contributed by atoms with Gasteiger partial charge in [-0.05, 0) is 43.4 Å². The third-order valence-electron chi connectivity index (χ3n) is 6.09. The fourth-order valence-electron chi connectivity index (χ4n) is 4.53. The molecule has 6 nitrogen and oxygen atoms in total. The molecule has 1 heterocycles. The second-order valence-corrected chi connectivity index (χ2v) is 7.99. The number of aromatic nitrogens is 1. The number of nitrogen functional groups attached to an aromatic ring is 1. The number of aryl methyl sites for hydroxylation is 1. The van der Waals surface area contributed by atoms with Crippen LogP contribution in [-0.2, 0) is 12.8 Å². The third-order valence-corrected chi connectivity index (χ3v) is 6.09. The Kier molecular flexibility index (Phi) is 8.00. The third kappa shape index (κ3) is 4.87. The SMILES string of the molecule is COc1ccc(-c2c(C#N)c(N)nc3c2CCCCCCCCCC3)c(OC)c1OC. The Bertz CT molecular complexity index is 950. The van der Waals surface area contributed by atoms with E-state index >= 15 is 0 Å². The van der Waals surface area contributed by atoms with Gasteiger partial charge < -0.3 is 19.9 Å². The summed E-state index contributed by atoms with van der Waals surface area (Å²) in [6.45, 7) is 0. The van der Waals surface area contributed by atoms with Crippen LogP contribution in [-0.4, -0.2) is 26.3 Å². The Morgan fingerprint density at radius 2 is 1.45 bits per heavy atom. The molecule has 6 heteroatoms. The molecule has 1 aliphatic rings. The van der Waals surface area contributed by atoms with E-state index in [4.69, 9.17) is 19.9 Å². The van der Waals surface area contributed by atoms with Crippen molar-refractivity contribution in [2.24, 2.45) is 0 Å². The van der Waals surface area contributed by atoms with E-state index < -0.39 is 0 Å². The summed E-state index contributed by atoms with van der Waals surface area (Å²) in [5.41, 5.74) is 10.4. The zero-order chi connectivity index (χ0) is 22.2. The van der Waals surface area contributed by atoms with E-state index in [2.05, 4.69) is 11.1 Å². The molecule has 0 spiro atoms. The Labute approximate surface area is 185 Å². The number of pyridine rings is 1. The van der Waals surface area contributed by atoms with Crippen LogP contribution in [0, 0.1) is 11.3 Å². The molecule has 0 saturated heterocycles. The Hall–Kier alpha value is -2.94. The molecule has 1 aliphatic carbocycles. The predicted molar refractivity (Wildman–Crippen MR) is 123 cm³/mol. The molecule has 0 aliphatic heterocycles. The van der Waals surface area contributed by atoms with Crippen LogP contribution < -0.4 is 19.9 Å². The number of nitrogens with zero attached hydrogens (tertiary/aromatic N) is 2. The molecular formula is C25H33N3O3. The topological polar surface area (TPSA) is 90.4 Å². The highest BCUT2D eigenvalue weighted by Gasteiger charge is 2.25. The van der Waals surface area contributed by atoms with Gasteiger partial charge in [0.15, 0.2) is 11.5 Å². The summed E-state index contributed by atoms with van der Waals surface area (Å²) in [5, 5.41) is 9.99. The maximum Gasteiger partial charge on any atom is 0.203 e. The van der Waals surface area contributed by atoms with Crippen LogP contribution in [0.3, 0.4) is 0 Å². The van der Waals surface area contributed by atoms with Crippen molar-refractivity contribution >= 4 is 5.82 Å². The largest absolute Gasteiger partial charge is 0.493 e. The molecule has 2 aromatic rings. The molecule has 0 unspecified atom stereocenters.